The lowest BCUT2D eigenvalue weighted by Gasteiger charge is -2.36. The second-order valence-corrected chi connectivity index (χ2v) is 7.15. The smallest absolute Gasteiger partial charge is 0.157 e. The molecule has 1 aromatic rings. The van der Waals surface area contributed by atoms with Crippen molar-refractivity contribution in [1.29, 1.82) is 0 Å². The van der Waals surface area contributed by atoms with E-state index < -0.39 is 0 Å². The highest BCUT2D eigenvalue weighted by molar-refractivity contribution is 8.14. The maximum atomic E-state index is 4.74. The van der Waals surface area contributed by atoms with E-state index in [4.69, 9.17) is 4.99 Å². The molecule has 0 aromatic carbocycles. The van der Waals surface area contributed by atoms with Crippen molar-refractivity contribution in [1.82, 2.24) is 10.3 Å². The van der Waals surface area contributed by atoms with Crippen molar-refractivity contribution in [2.45, 2.75) is 44.6 Å². The van der Waals surface area contributed by atoms with Gasteiger partial charge < -0.3 is 5.32 Å². The van der Waals surface area contributed by atoms with Gasteiger partial charge in [0, 0.05) is 30.2 Å². The third kappa shape index (κ3) is 3.35. The molecule has 2 atom stereocenters. The van der Waals surface area contributed by atoms with Crippen LogP contribution in [-0.4, -0.2) is 28.0 Å². The van der Waals surface area contributed by atoms with Crippen LogP contribution in [0.3, 0.4) is 0 Å². The number of thioether (sulfide) groups is 1. The molecule has 3 rings (SSSR count). The van der Waals surface area contributed by atoms with Gasteiger partial charge in [0.2, 0.25) is 0 Å². The van der Waals surface area contributed by atoms with E-state index in [1.165, 1.54) is 37.0 Å². The molecule has 1 N–H and O–H groups in total. The maximum absolute atomic E-state index is 4.74. The highest BCUT2D eigenvalue weighted by Gasteiger charge is 2.40. The van der Waals surface area contributed by atoms with Crippen molar-refractivity contribution in [3.63, 3.8) is 0 Å². The Labute approximate surface area is 125 Å². The summed E-state index contributed by atoms with van der Waals surface area (Å²) in [6, 6.07) is 4.14. The summed E-state index contributed by atoms with van der Waals surface area (Å²) in [6.45, 7) is 3.25. The number of pyridine rings is 1. The third-order valence-electron chi connectivity index (χ3n) is 4.35. The lowest BCUT2D eigenvalue weighted by Crippen LogP contribution is -2.47. The Morgan fingerprint density at radius 1 is 1.45 bits per heavy atom. The Balaban J connectivity index is 1.53. The van der Waals surface area contributed by atoms with Gasteiger partial charge >= 0.3 is 0 Å². The average Bonchev–Trinajstić information content (AvgIpc) is 2.82. The fourth-order valence-electron chi connectivity index (χ4n) is 3.33. The van der Waals surface area contributed by atoms with Crippen molar-refractivity contribution in [2.24, 2.45) is 10.9 Å². The molecule has 1 aliphatic heterocycles. The Morgan fingerprint density at radius 2 is 2.30 bits per heavy atom. The molecular weight excluding hydrogens is 266 g/mol. The Bertz CT molecular complexity index is 474. The predicted molar refractivity (Wildman–Crippen MR) is 86.2 cm³/mol. The summed E-state index contributed by atoms with van der Waals surface area (Å²) in [5, 5.41) is 4.88. The molecule has 2 heterocycles. The van der Waals surface area contributed by atoms with Gasteiger partial charge in [-0.15, -0.1) is 0 Å². The molecule has 1 saturated carbocycles. The molecule has 2 aliphatic rings. The van der Waals surface area contributed by atoms with Crippen LogP contribution in [0.1, 0.15) is 38.2 Å². The number of amidine groups is 1. The first-order valence-electron chi connectivity index (χ1n) is 7.60. The highest BCUT2D eigenvalue weighted by Crippen LogP contribution is 2.38. The van der Waals surface area contributed by atoms with E-state index in [-0.39, 0.29) is 0 Å². The zero-order valence-electron chi connectivity index (χ0n) is 12.1. The van der Waals surface area contributed by atoms with Crippen molar-refractivity contribution in [3.05, 3.63) is 30.1 Å². The molecule has 1 aromatic heterocycles. The van der Waals surface area contributed by atoms with Gasteiger partial charge in [-0.05, 0) is 42.9 Å². The standard InChI is InChI=1S/C16H23N3S/c1-13-3-2-7-16(11-13)12-20-15(19-16)18-10-6-14-4-8-17-9-5-14/h4-5,8-9,13H,2-3,6-7,10-12H2,1H3,(H,18,19). The lowest BCUT2D eigenvalue weighted by atomic mass is 9.78. The summed E-state index contributed by atoms with van der Waals surface area (Å²) in [5.74, 6) is 2.05. The summed E-state index contributed by atoms with van der Waals surface area (Å²) in [4.78, 5) is 8.78. The van der Waals surface area contributed by atoms with Gasteiger partial charge in [0.15, 0.2) is 5.17 Å². The second-order valence-electron chi connectivity index (χ2n) is 6.19. The summed E-state index contributed by atoms with van der Waals surface area (Å²) in [7, 11) is 0. The monoisotopic (exact) mass is 289 g/mol. The molecule has 0 radical (unpaired) electrons. The van der Waals surface area contributed by atoms with E-state index >= 15 is 0 Å². The summed E-state index contributed by atoms with van der Waals surface area (Å²) < 4.78 is 0. The van der Waals surface area contributed by atoms with Crippen LogP contribution in [-0.2, 0) is 6.42 Å². The average molecular weight is 289 g/mol. The quantitative estimate of drug-likeness (QED) is 0.928. The van der Waals surface area contributed by atoms with Crippen LogP contribution in [0.5, 0.6) is 0 Å². The summed E-state index contributed by atoms with van der Waals surface area (Å²) in [6.07, 6.45) is 10.1. The molecule has 2 fully saturated rings. The number of aliphatic imine (C=N–C) groups is 1. The van der Waals surface area contributed by atoms with Crippen LogP contribution < -0.4 is 5.32 Å². The lowest BCUT2D eigenvalue weighted by molar-refractivity contribution is 0.242. The van der Waals surface area contributed by atoms with Gasteiger partial charge in [-0.1, -0.05) is 31.5 Å². The number of aromatic nitrogens is 1. The van der Waals surface area contributed by atoms with Gasteiger partial charge in [0.05, 0.1) is 0 Å². The topological polar surface area (TPSA) is 37.3 Å². The Kier molecular flexibility index (Phi) is 4.29. The van der Waals surface area contributed by atoms with E-state index in [9.17, 15) is 0 Å². The van der Waals surface area contributed by atoms with E-state index in [2.05, 4.69) is 29.4 Å². The zero-order chi connectivity index (χ0) is 13.8. The first kappa shape index (κ1) is 13.9. The van der Waals surface area contributed by atoms with Gasteiger partial charge in [0.25, 0.3) is 0 Å². The van der Waals surface area contributed by atoms with Crippen molar-refractivity contribution >= 4 is 16.9 Å². The molecule has 1 saturated heterocycles. The Morgan fingerprint density at radius 3 is 3.10 bits per heavy atom. The van der Waals surface area contributed by atoms with Crippen LogP contribution >= 0.6 is 11.8 Å². The van der Waals surface area contributed by atoms with Gasteiger partial charge in [-0.25, -0.2) is 0 Å². The van der Waals surface area contributed by atoms with E-state index in [0.29, 0.717) is 5.54 Å². The van der Waals surface area contributed by atoms with Gasteiger partial charge in [-0.3, -0.25) is 9.98 Å². The number of rotatable bonds is 3. The number of nitrogens with zero attached hydrogens (tertiary/aromatic N) is 2. The SMILES string of the molecule is CC1CCCC2(CSC(=NCCc3ccncc3)N2)C1. The second kappa shape index (κ2) is 6.17. The van der Waals surface area contributed by atoms with Crippen LogP contribution in [0.15, 0.2) is 29.5 Å². The van der Waals surface area contributed by atoms with Crippen molar-refractivity contribution in [2.75, 3.05) is 12.3 Å². The largest absolute Gasteiger partial charge is 0.359 e. The van der Waals surface area contributed by atoms with E-state index in [1.807, 2.05) is 24.2 Å². The fourth-order valence-corrected chi connectivity index (χ4v) is 4.55. The molecule has 1 aliphatic carbocycles. The molecule has 20 heavy (non-hydrogen) atoms. The number of nitrogens with one attached hydrogen (secondary N) is 1. The molecule has 0 bridgehead atoms. The highest BCUT2D eigenvalue weighted by atomic mass is 32.2. The minimum atomic E-state index is 0.345. The van der Waals surface area contributed by atoms with E-state index in [1.54, 1.807) is 0 Å². The molecule has 0 amide bonds. The fraction of sp³-hybridized carbons (Fsp3) is 0.625. The molecule has 1 spiro atoms. The minimum absolute atomic E-state index is 0.345. The first-order valence-corrected chi connectivity index (χ1v) is 8.59. The minimum Gasteiger partial charge on any atom is -0.359 e. The Hall–Kier alpha value is -1.03. The molecular formula is C16H23N3S. The molecule has 2 unspecified atom stereocenters. The summed E-state index contributed by atoms with van der Waals surface area (Å²) in [5.41, 5.74) is 1.66. The van der Waals surface area contributed by atoms with Crippen molar-refractivity contribution < 1.29 is 0 Å². The van der Waals surface area contributed by atoms with E-state index in [0.717, 1.165) is 24.1 Å². The zero-order valence-corrected chi connectivity index (χ0v) is 13.0. The van der Waals surface area contributed by atoms with Gasteiger partial charge in [0.1, 0.15) is 0 Å². The summed E-state index contributed by atoms with van der Waals surface area (Å²) >= 11 is 1.91. The van der Waals surface area contributed by atoms with Crippen LogP contribution in [0.2, 0.25) is 0 Å². The maximum Gasteiger partial charge on any atom is 0.157 e. The van der Waals surface area contributed by atoms with Crippen LogP contribution in [0.25, 0.3) is 0 Å². The van der Waals surface area contributed by atoms with Crippen LogP contribution in [0, 0.1) is 5.92 Å². The number of hydrogen-bond acceptors (Lipinski definition) is 3. The van der Waals surface area contributed by atoms with Crippen molar-refractivity contribution in [3.8, 4) is 0 Å². The first-order chi connectivity index (χ1) is 9.76. The number of hydrogen-bond donors (Lipinski definition) is 1. The van der Waals surface area contributed by atoms with Crippen LogP contribution in [0.4, 0.5) is 0 Å². The van der Waals surface area contributed by atoms with Gasteiger partial charge in [-0.2, -0.15) is 0 Å². The normalized spacial score (nSPS) is 31.6. The third-order valence-corrected chi connectivity index (χ3v) is 5.56. The predicted octanol–water partition coefficient (Wildman–Crippen LogP) is 3.27. The molecule has 3 nitrogen and oxygen atoms in total. The molecule has 4 heteroatoms. The molecule has 108 valence electrons.